The first kappa shape index (κ1) is 36.6. The number of hydrogen-bond acceptors (Lipinski definition) is 8. The van der Waals surface area contributed by atoms with Crippen LogP contribution in [0, 0.1) is 0 Å². The fourth-order valence-corrected chi connectivity index (χ4v) is 8.23. The van der Waals surface area contributed by atoms with E-state index in [2.05, 4.69) is 55.5 Å². The van der Waals surface area contributed by atoms with Crippen molar-refractivity contribution in [3.05, 3.63) is 166 Å². The van der Waals surface area contributed by atoms with Gasteiger partial charge in [0.2, 0.25) is 0 Å². The van der Waals surface area contributed by atoms with Gasteiger partial charge in [0.05, 0.1) is 47.1 Å². The number of carbonyl (C=O) groups is 1. The number of benzene rings is 5. The van der Waals surface area contributed by atoms with Gasteiger partial charge in [-0.15, -0.1) is 0 Å². The van der Waals surface area contributed by atoms with Gasteiger partial charge in [0.1, 0.15) is 5.69 Å². The summed E-state index contributed by atoms with van der Waals surface area (Å²) < 4.78 is 15.3. The van der Waals surface area contributed by atoms with Crippen LogP contribution in [0.4, 0.5) is 0 Å². The minimum Gasteiger partial charge on any atom is -0.392 e. The number of H-pyrrole nitrogens is 1. The number of amides is 1. The highest BCUT2D eigenvalue weighted by Crippen LogP contribution is 2.39. The average Bonchev–Trinajstić information content (AvgIpc) is 3.61. The van der Waals surface area contributed by atoms with Gasteiger partial charge in [-0.2, -0.15) is 0 Å². The Morgan fingerprint density at radius 3 is 2.35 bits per heavy atom. The first-order chi connectivity index (χ1) is 28.0. The van der Waals surface area contributed by atoms with E-state index < -0.39 is 6.29 Å². The molecule has 2 aromatic heterocycles. The highest BCUT2D eigenvalue weighted by atomic mass is 16.7. The fraction of sp³-hybridized carbons (Fsp3) is 0.261. The van der Waals surface area contributed by atoms with E-state index in [1.807, 2.05) is 95.6 Å². The zero-order chi connectivity index (χ0) is 38.7. The molecule has 0 radical (unpaired) electrons. The standard InChI is InChI=1S/C46H44N6O5/c53-29-30-13-15-32(16-14-30)43-25-36(28-51-23-21-35(22-24-51)52-42-12-6-5-11-40(42)50-46(52)55)56-45(57-43)33-19-17-31(18-20-33)37-8-2-1-7-34(37)26-48-44(54)41-27-47-38-9-3-4-10-39(38)49-41/h1-20,27,35-36,43,45,53H,21-26,28-29H2,(H,48,54)(H,50,55)/t36-,43+,45+/m0/s1. The number of nitrogens with zero attached hydrogens (tertiary/aromatic N) is 4. The van der Waals surface area contributed by atoms with Gasteiger partial charge in [-0.3, -0.25) is 14.3 Å². The van der Waals surface area contributed by atoms with Crippen LogP contribution in [-0.4, -0.2) is 61.2 Å². The third-order valence-electron chi connectivity index (χ3n) is 11.3. The van der Waals surface area contributed by atoms with E-state index in [-0.39, 0.29) is 42.1 Å². The highest BCUT2D eigenvalue weighted by Gasteiger charge is 2.34. The lowest BCUT2D eigenvalue weighted by Gasteiger charge is -2.40. The number of fused-ring (bicyclic) bond motifs is 2. The Balaban J connectivity index is 0.893. The quantitative estimate of drug-likeness (QED) is 0.133. The van der Waals surface area contributed by atoms with Crippen molar-refractivity contribution in [2.24, 2.45) is 0 Å². The number of carbonyl (C=O) groups excluding carboxylic acids is 1. The van der Waals surface area contributed by atoms with Crippen LogP contribution in [0.2, 0.25) is 0 Å². The minimum absolute atomic E-state index is 0.0121. The summed E-state index contributed by atoms with van der Waals surface area (Å²) in [4.78, 5) is 40.3. The van der Waals surface area contributed by atoms with Crippen LogP contribution in [0.15, 0.2) is 132 Å². The summed E-state index contributed by atoms with van der Waals surface area (Å²) in [6, 6.07) is 39.8. The van der Waals surface area contributed by atoms with Crippen molar-refractivity contribution in [3.63, 3.8) is 0 Å². The largest absolute Gasteiger partial charge is 0.392 e. The molecule has 0 spiro atoms. The van der Waals surface area contributed by atoms with Gasteiger partial charge in [0.25, 0.3) is 5.91 Å². The molecule has 5 aromatic carbocycles. The summed E-state index contributed by atoms with van der Waals surface area (Å²) >= 11 is 0. The number of hydrogen-bond donors (Lipinski definition) is 3. The molecular weight excluding hydrogens is 717 g/mol. The molecule has 1 amide bonds. The number of aliphatic hydroxyl groups excluding tert-OH is 1. The lowest BCUT2D eigenvalue weighted by atomic mass is 9.97. The third kappa shape index (κ3) is 7.88. The van der Waals surface area contributed by atoms with E-state index in [1.54, 1.807) is 0 Å². The normalized spacial score (nSPS) is 19.2. The molecule has 3 N–H and O–H groups in total. The Hall–Kier alpha value is -5.98. The van der Waals surface area contributed by atoms with Crippen molar-refractivity contribution in [1.82, 2.24) is 29.7 Å². The monoisotopic (exact) mass is 760 g/mol. The second kappa shape index (κ2) is 16.2. The van der Waals surface area contributed by atoms with Crippen molar-refractivity contribution >= 4 is 28.0 Å². The molecule has 3 atom stereocenters. The van der Waals surface area contributed by atoms with Gasteiger partial charge in [-0.1, -0.05) is 97.1 Å². The van der Waals surface area contributed by atoms with Gasteiger partial charge in [-0.25, -0.2) is 9.78 Å². The number of likely N-dealkylation sites (tertiary alicyclic amines) is 1. The van der Waals surface area contributed by atoms with E-state index in [4.69, 9.17) is 9.47 Å². The van der Waals surface area contributed by atoms with Gasteiger partial charge in [0, 0.05) is 44.2 Å². The van der Waals surface area contributed by atoms with Gasteiger partial charge in [-0.05, 0) is 64.9 Å². The van der Waals surface area contributed by atoms with Crippen molar-refractivity contribution in [2.75, 3.05) is 19.6 Å². The van der Waals surface area contributed by atoms with Crippen molar-refractivity contribution < 1.29 is 19.4 Å². The maximum absolute atomic E-state index is 13.1. The van der Waals surface area contributed by atoms with Gasteiger partial charge in [0.15, 0.2) is 6.29 Å². The summed E-state index contributed by atoms with van der Waals surface area (Å²) in [6.07, 6.45) is 3.10. The van der Waals surface area contributed by atoms with Gasteiger partial charge >= 0.3 is 5.69 Å². The Kier molecular flexibility index (Phi) is 10.4. The summed E-state index contributed by atoms with van der Waals surface area (Å²) in [5, 5.41) is 12.7. The molecule has 4 heterocycles. The van der Waals surface area contributed by atoms with Crippen molar-refractivity contribution in [3.8, 4) is 11.1 Å². The fourth-order valence-electron chi connectivity index (χ4n) is 8.23. The number of aromatic nitrogens is 4. The SMILES string of the molecule is O=C(NCc1ccccc1-c1ccc([C@@H]2O[C@H](CN3CCC(n4c(=O)[nH]c5ccccc54)CC3)C[C@H](c3ccc(CO)cc3)O2)cc1)c1cnc2ccccc2n1. The molecule has 9 rings (SSSR count). The number of piperidine rings is 1. The molecule has 2 aliphatic heterocycles. The molecule has 0 saturated carbocycles. The van der Waals surface area contributed by atoms with Crippen molar-refractivity contribution in [1.29, 1.82) is 0 Å². The molecule has 0 bridgehead atoms. The summed E-state index contributed by atoms with van der Waals surface area (Å²) in [7, 11) is 0. The Morgan fingerprint density at radius 1 is 0.825 bits per heavy atom. The van der Waals surface area contributed by atoms with E-state index in [1.165, 1.54) is 6.20 Å². The molecule has 57 heavy (non-hydrogen) atoms. The van der Waals surface area contributed by atoms with Gasteiger partial charge < -0.3 is 29.8 Å². The number of para-hydroxylation sites is 4. The first-order valence-corrected chi connectivity index (χ1v) is 19.6. The molecule has 11 nitrogen and oxygen atoms in total. The molecule has 11 heteroatoms. The summed E-state index contributed by atoms with van der Waals surface area (Å²) in [5.74, 6) is -0.283. The number of aromatic amines is 1. The predicted molar refractivity (Wildman–Crippen MR) is 218 cm³/mol. The zero-order valence-corrected chi connectivity index (χ0v) is 31.5. The molecule has 2 aliphatic rings. The molecule has 2 saturated heterocycles. The number of rotatable bonds is 10. The van der Waals surface area contributed by atoms with Crippen molar-refractivity contribution in [2.45, 2.75) is 57.0 Å². The van der Waals surface area contributed by atoms with Crippen LogP contribution in [0.25, 0.3) is 33.2 Å². The zero-order valence-electron chi connectivity index (χ0n) is 31.5. The second-order valence-electron chi connectivity index (χ2n) is 14.9. The molecule has 0 aliphatic carbocycles. The van der Waals surface area contributed by atoms with E-state index >= 15 is 0 Å². The summed E-state index contributed by atoms with van der Waals surface area (Å²) in [5.41, 5.74) is 9.29. The lowest BCUT2D eigenvalue weighted by molar-refractivity contribution is -0.253. The van der Waals surface area contributed by atoms with E-state index in [0.717, 1.165) is 82.4 Å². The van der Waals surface area contributed by atoms with Crippen LogP contribution >= 0.6 is 0 Å². The highest BCUT2D eigenvalue weighted by molar-refractivity contribution is 5.93. The molecule has 7 aromatic rings. The molecule has 2 fully saturated rings. The maximum Gasteiger partial charge on any atom is 0.326 e. The predicted octanol–water partition coefficient (Wildman–Crippen LogP) is 7.24. The first-order valence-electron chi connectivity index (χ1n) is 19.6. The Morgan fingerprint density at radius 2 is 1.54 bits per heavy atom. The van der Waals surface area contributed by atoms with E-state index in [0.29, 0.717) is 18.5 Å². The molecular formula is C46H44N6O5. The topological polar surface area (TPSA) is 135 Å². The Bertz CT molecular complexity index is 2560. The molecule has 0 unspecified atom stereocenters. The third-order valence-corrected chi connectivity index (χ3v) is 11.3. The van der Waals surface area contributed by atoms with Crippen LogP contribution in [0.3, 0.4) is 0 Å². The van der Waals surface area contributed by atoms with Crippen LogP contribution < -0.4 is 11.0 Å². The number of imidazole rings is 1. The average molecular weight is 761 g/mol. The molecule has 288 valence electrons. The van der Waals surface area contributed by atoms with Crippen LogP contribution in [0.1, 0.15) is 70.4 Å². The smallest absolute Gasteiger partial charge is 0.326 e. The number of ether oxygens (including phenoxy) is 2. The lowest BCUT2D eigenvalue weighted by Crippen LogP contribution is -2.43. The number of nitrogens with one attached hydrogen (secondary N) is 2. The van der Waals surface area contributed by atoms with Crippen LogP contribution in [-0.2, 0) is 22.6 Å². The second-order valence-corrected chi connectivity index (χ2v) is 14.9. The Labute approximate surface area is 329 Å². The van der Waals surface area contributed by atoms with E-state index in [9.17, 15) is 14.7 Å². The number of aliphatic hydroxyl groups is 1. The minimum atomic E-state index is -0.583. The summed E-state index contributed by atoms with van der Waals surface area (Å²) in [6.45, 7) is 2.79. The maximum atomic E-state index is 13.1. The van der Waals surface area contributed by atoms with Crippen LogP contribution in [0.5, 0.6) is 0 Å².